The number of anilines is 1. The Morgan fingerprint density at radius 2 is 1.76 bits per heavy atom. The molecule has 0 aliphatic rings. The molecule has 0 saturated heterocycles. The number of nitrogens with zero attached hydrogens (tertiary/aromatic N) is 2. The van der Waals surface area contributed by atoms with Crippen molar-refractivity contribution in [3.8, 4) is 11.3 Å². The van der Waals surface area contributed by atoms with Crippen molar-refractivity contribution in [3.63, 3.8) is 0 Å². The van der Waals surface area contributed by atoms with Gasteiger partial charge in [0.1, 0.15) is 10.6 Å². The summed E-state index contributed by atoms with van der Waals surface area (Å²) in [7, 11) is 0. The van der Waals surface area contributed by atoms with Gasteiger partial charge in [-0.2, -0.15) is 0 Å². The predicted octanol–water partition coefficient (Wildman–Crippen LogP) is 3.77. The second-order valence-corrected chi connectivity index (χ2v) is 5.39. The van der Waals surface area contributed by atoms with E-state index in [9.17, 15) is 4.79 Å². The molecular formula is C16H13N3OS. The van der Waals surface area contributed by atoms with Crippen LogP contribution in [0.25, 0.3) is 11.3 Å². The van der Waals surface area contributed by atoms with E-state index in [1.165, 1.54) is 0 Å². The van der Waals surface area contributed by atoms with Crippen LogP contribution in [-0.4, -0.2) is 15.5 Å². The van der Waals surface area contributed by atoms with Gasteiger partial charge in [0.2, 0.25) is 0 Å². The van der Waals surface area contributed by atoms with Crippen LogP contribution in [0.1, 0.15) is 15.2 Å². The van der Waals surface area contributed by atoms with Gasteiger partial charge in [-0.1, -0.05) is 52.5 Å². The fraction of sp³-hybridized carbons (Fsp3) is 0.0625. The monoisotopic (exact) mass is 295 g/mol. The summed E-state index contributed by atoms with van der Waals surface area (Å²) >= 11 is 1.10. The van der Waals surface area contributed by atoms with Gasteiger partial charge in [0, 0.05) is 11.3 Å². The molecule has 0 atom stereocenters. The lowest BCUT2D eigenvalue weighted by molar-refractivity contribution is 0.103. The van der Waals surface area contributed by atoms with E-state index in [0.29, 0.717) is 10.6 Å². The quantitative estimate of drug-likeness (QED) is 0.800. The van der Waals surface area contributed by atoms with Gasteiger partial charge in [-0.25, -0.2) is 0 Å². The summed E-state index contributed by atoms with van der Waals surface area (Å²) < 4.78 is 3.91. The Bertz CT molecular complexity index is 751. The zero-order valence-corrected chi connectivity index (χ0v) is 12.2. The second-order valence-electron chi connectivity index (χ2n) is 4.64. The van der Waals surface area contributed by atoms with Crippen molar-refractivity contribution in [3.05, 3.63) is 65.0 Å². The highest BCUT2D eigenvalue weighted by atomic mass is 32.1. The first kappa shape index (κ1) is 13.5. The number of carbonyl (C=O) groups excluding carboxylic acids is 1. The molecule has 0 aliphatic carbocycles. The number of rotatable bonds is 3. The minimum atomic E-state index is -0.188. The number of hydrogen-bond donors (Lipinski definition) is 1. The van der Waals surface area contributed by atoms with Crippen LogP contribution in [0.5, 0.6) is 0 Å². The first-order valence-corrected chi connectivity index (χ1v) is 7.27. The number of amides is 1. The summed E-state index contributed by atoms with van der Waals surface area (Å²) in [6.45, 7) is 2.02. The summed E-state index contributed by atoms with van der Waals surface area (Å²) in [5, 5.41) is 6.94. The third-order valence-electron chi connectivity index (χ3n) is 3.05. The van der Waals surface area contributed by atoms with E-state index in [2.05, 4.69) is 14.9 Å². The van der Waals surface area contributed by atoms with Crippen molar-refractivity contribution in [2.45, 2.75) is 6.92 Å². The highest BCUT2D eigenvalue weighted by molar-refractivity contribution is 7.08. The fourth-order valence-corrected chi connectivity index (χ4v) is 2.53. The summed E-state index contributed by atoms with van der Waals surface area (Å²) in [6.07, 6.45) is 0. The molecule has 3 aromatic rings. The molecule has 1 aromatic heterocycles. The summed E-state index contributed by atoms with van der Waals surface area (Å²) in [5.74, 6) is -0.188. The normalized spacial score (nSPS) is 10.3. The predicted molar refractivity (Wildman–Crippen MR) is 84.5 cm³/mol. The number of aromatic nitrogens is 2. The number of nitrogens with one attached hydrogen (secondary N) is 1. The minimum absolute atomic E-state index is 0.188. The topological polar surface area (TPSA) is 54.9 Å². The first-order valence-electron chi connectivity index (χ1n) is 6.50. The van der Waals surface area contributed by atoms with E-state index < -0.39 is 0 Å². The smallest absolute Gasteiger partial charge is 0.269 e. The number of carbonyl (C=O) groups is 1. The highest BCUT2D eigenvalue weighted by Gasteiger charge is 2.17. The van der Waals surface area contributed by atoms with Gasteiger partial charge in [0.15, 0.2) is 0 Å². The molecular weight excluding hydrogens is 282 g/mol. The second kappa shape index (κ2) is 5.85. The minimum Gasteiger partial charge on any atom is -0.321 e. The Hall–Kier alpha value is -2.53. The Labute approximate surface area is 126 Å². The van der Waals surface area contributed by atoms with Gasteiger partial charge >= 0.3 is 0 Å². The fourth-order valence-electron chi connectivity index (χ4n) is 1.95. The number of hydrogen-bond acceptors (Lipinski definition) is 4. The first-order chi connectivity index (χ1) is 10.2. The molecule has 0 aliphatic heterocycles. The Morgan fingerprint density at radius 3 is 2.48 bits per heavy atom. The molecule has 1 N–H and O–H groups in total. The Kier molecular flexibility index (Phi) is 3.75. The SMILES string of the molecule is Cc1ccc(-c2nnsc2C(=O)Nc2ccccc2)cc1. The molecule has 0 radical (unpaired) electrons. The van der Waals surface area contributed by atoms with E-state index in [1.54, 1.807) is 0 Å². The molecule has 2 aromatic carbocycles. The standard InChI is InChI=1S/C16H13N3OS/c1-11-7-9-12(10-8-11)14-15(21-19-18-14)16(20)17-13-5-3-2-4-6-13/h2-10H,1H3,(H,17,20). The van der Waals surface area contributed by atoms with Crippen molar-refractivity contribution in [2.75, 3.05) is 5.32 Å². The lowest BCUT2D eigenvalue weighted by Gasteiger charge is -2.04. The summed E-state index contributed by atoms with van der Waals surface area (Å²) in [6, 6.07) is 17.2. The molecule has 1 heterocycles. The Morgan fingerprint density at radius 1 is 1.05 bits per heavy atom. The third kappa shape index (κ3) is 2.98. The molecule has 0 fully saturated rings. The average Bonchev–Trinajstić information content (AvgIpc) is 2.98. The zero-order chi connectivity index (χ0) is 14.7. The van der Waals surface area contributed by atoms with Gasteiger partial charge in [-0.05, 0) is 30.6 Å². The van der Waals surface area contributed by atoms with Crippen LogP contribution < -0.4 is 5.32 Å². The van der Waals surface area contributed by atoms with E-state index in [-0.39, 0.29) is 5.91 Å². The molecule has 3 rings (SSSR count). The lowest BCUT2D eigenvalue weighted by atomic mass is 10.1. The van der Waals surface area contributed by atoms with Crippen molar-refractivity contribution in [2.24, 2.45) is 0 Å². The Balaban J connectivity index is 1.88. The van der Waals surface area contributed by atoms with E-state index in [4.69, 9.17) is 0 Å². The maximum Gasteiger partial charge on any atom is 0.269 e. The molecule has 0 unspecified atom stereocenters. The molecule has 21 heavy (non-hydrogen) atoms. The van der Waals surface area contributed by atoms with Crippen molar-refractivity contribution < 1.29 is 4.79 Å². The van der Waals surface area contributed by atoms with Crippen molar-refractivity contribution in [1.29, 1.82) is 0 Å². The van der Waals surface area contributed by atoms with Gasteiger partial charge in [-0.15, -0.1) is 5.10 Å². The van der Waals surface area contributed by atoms with Crippen molar-refractivity contribution in [1.82, 2.24) is 9.59 Å². The number of benzene rings is 2. The molecule has 5 heteroatoms. The maximum absolute atomic E-state index is 12.4. The zero-order valence-electron chi connectivity index (χ0n) is 11.4. The van der Waals surface area contributed by atoms with Crippen molar-refractivity contribution >= 4 is 23.1 Å². The van der Waals surface area contributed by atoms with Crippen LogP contribution in [0, 0.1) is 6.92 Å². The summed E-state index contributed by atoms with van der Waals surface area (Å²) in [4.78, 5) is 12.9. The van der Waals surface area contributed by atoms with Gasteiger partial charge in [0.25, 0.3) is 5.91 Å². The van der Waals surface area contributed by atoms with Gasteiger partial charge < -0.3 is 5.32 Å². The molecule has 104 valence electrons. The maximum atomic E-state index is 12.4. The lowest BCUT2D eigenvalue weighted by Crippen LogP contribution is -2.11. The van der Waals surface area contributed by atoms with E-state index in [1.807, 2.05) is 61.5 Å². The van der Waals surface area contributed by atoms with Crippen LogP contribution in [0.3, 0.4) is 0 Å². The largest absolute Gasteiger partial charge is 0.321 e. The highest BCUT2D eigenvalue weighted by Crippen LogP contribution is 2.25. The van der Waals surface area contributed by atoms with Crippen LogP contribution in [0.4, 0.5) is 5.69 Å². The molecule has 4 nitrogen and oxygen atoms in total. The van der Waals surface area contributed by atoms with Crippen LogP contribution in [-0.2, 0) is 0 Å². The van der Waals surface area contributed by atoms with Crippen LogP contribution >= 0.6 is 11.5 Å². The molecule has 1 amide bonds. The molecule has 0 spiro atoms. The average molecular weight is 295 g/mol. The number of aryl methyl sites for hydroxylation is 1. The summed E-state index contributed by atoms with van der Waals surface area (Å²) in [5.41, 5.74) is 3.43. The molecule has 0 bridgehead atoms. The third-order valence-corrected chi connectivity index (χ3v) is 3.78. The van der Waals surface area contributed by atoms with E-state index >= 15 is 0 Å². The van der Waals surface area contributed by atoms with Crippen LogP contribution in [0.15, 0.2) is 54.6 Å². The van der Waals surface area contributed by atoms with Crippen LogP contribution in [0.2, 0.25) is 0 Å². The number of para-hydroxylation sites is 1. The van der Waals surface area contributed by atoms with Gasteiger partial charge in [-0.3, -0.25) is 4.79 Å². The van der Waals surface area contributed by atoms with Gasteiger partial charge in [0.05, 0.1) is 0 Å². The van der Waals surface area contributed by atoms with E-state index in [0.717, 1.165) is 28.3 Å². The molecule has 0 saturated carbocycles.